The Hall–Kier alpha value is -0.540. The summed E-state index contributed by atoms with van der Waals surface area (Å²) in [5.74, 6) is 1.80. The molecule has 0 unspecified atom stereocenters. The van der Waals surface area contributed by atoms with Gasteiger partial charge in [0.1, 0.15) is 11.5 Å². The predicted octanol–water partition coefficient (Wildman–Crippen LogP) is 4.78. The molecule has 1 nitrogen and oxygen atoms in total. The lowest BCUT2D eigenvalue weighted by atomic mass is 10.2. The van der Waals surface area contributed by atoms with Gasteiger partial charge in [0.15, 0.2) is 0 Å². The van der Waals surface area contributed by atoms with Crippen LogP contribution in [0.3, 0.4) is 0 Å². The number of benzene rings is 1. The first-order chi connectivity index (χ1) is 6.66. The number of rotatable bonds is 1. The molecule has 1 aromatic heterocycles. The Kier molecular flexibility index (Phi) is 2.79. The fraction of sp³-hybridized carbons (Fsp3) is 0.0909. The summed E-state index contributed by atoms with van der Waals surface area (Å²) in [6.45, 7) is 1.94. The molecule has 14 heavy (non-hydrogen) atoms. The zero-order chi connectivity index (χ0) is 10.1. The molecule has 0 bridgehead atoms. The first-order valence-corrected chi connectivity index (χ1v) is 5.77. The van der Waals surface area contributed by atoms with E-state index in [2.05, 4.69) is 31.9 Å². The quantitative estimate of drug-likeness (QED) is 0.738. The van der Waals surface area contributed by atoms with Gasteiger partial charge in [-0.15, -0.1) is 0 Å². The van der Waals surface area contributed by atoms with Crippen molar-refractivity contribution in [1.82, 2.24) is 0 Å². The summed E-state index contributed by atoms with van der Waals surface area (Å²) in [7, 11) is 0. The van der Waals surface area contributed by atoms with Crippen LogP contribution in [0.5, 0.6) is 0 Å². The van der Waals surface area contributed by atoms with Gasteiger partial charge in [-0.05, 0) is 41.1 Å². The van der Waals surface area contributed by atoms with E-state index in [0.717, 1.165) is 26.0 Å². The summed E-state index contributed by atoms with van der Waals surface area (Å²) in [5.41, 5.74) is 1.08. The van der Waals surface area contributed by atoms with E-state index in [9.17, 15) is 0 Å². The molecule has 0 radical (unpaired) electrons. The van der Waals surface area contributed by atoms with Crippen molar-refractivity contribution in [2.75, 3.05) is 0 Å². The summed E-state index contributed by atoms with van der Waals surface area (Å²) < 4.78 is 7.65. The molecule has 0 aliphatic carbocycles. The minimum Gasteiger partial charge on any atom is -0.460 e. The third-order valence-electron chi connectivity index (χ3n) is 1.92. The lowest BCUT2D eigenvalue weighted by Gasteiger charge is -1.97. The Morgan fingerprint density at radius 2 is 1.71 bits per heavy atom. The maximum Gasteiger partial charge on any atom is 0.148 e. The highest BCUT2D eigenvalue weighted by atomic mass is 79.9. The molecule has 0 aliphatic rings. The molecule has 1 aromatic carbocycles. The van der Waals surface area contributed by atoms with E-state index in [1.54, 1.807) is 0 Å². The van der Waals surface area contributed by atoms with E-state index in [4.69, 9.17) is 4.42 Å². The normalized spacial score (nSPS) is 10.5. The van der Waals surface area contributed by atoms with Crippen LogP contribution in [-0.4, -0.2) is 0 Å². The highest BCUT2D eigenvalue weighted by Gasteiger charge is 2.08. The lowest BCUT2D eigenvalue weighted by molar-refractivity contribution is 0.547. The Morgan fingerprint density at radius 1 is 1.07 bits per heavy atom. The van der Waals surface area contributed by atoms with Gasteiger partial charge in [-0.25, -0.2) is 0 Å². The largest absolute Gasteiger partial charge is 0.460 e. The van der Waals surface area contributed by atoms with Gasteiger partial charge in [0, 0.05) is 10.0 Å². The van der Waals surface area contributed by atoms with E-state index in [-0.39, 0.29) is 0 Å². The van der Waals surface area contributed by atoms with E-state index in [1.807, 2.05) is 37.3 Å². The molecule has 0 saturated carbocycles. The van der Waals surface area contributed by atoms with Crippen LogP contribution < -0.4 is 0 Å². The van der Waals surface area contributed by atoms with Crippen LogP contribution in [0.2, 0.25) is 0 Å². The summed E-state index contributed by atoms with van der Waals surface area (Å²) in [6.07, 6.45) is 0. The monoisotopic (exact) mass is 314 g/mol. The van der Waals surface area contributed by atoms with Gasteiger partial charge in [0.2, 0.25) is 0 Å². The zero-order valence-corrected chi connectivity index (χ0v) is 10.7. The molecular weight excluding hydrogens is 308 g/mol. The molecule has 2 rings (SSSR count). The number of hydrogen-bond acceptors (Lipinski definition) is 1. The third kappa shape index (κ3) is 1.93. The molecular formula is C11H8Br2O. The molecule has 72 valence electrons. The fourth-order valence-corrected chi connectivity index (χ4v) is 2.18. The molecule has 0 fully saturated rings. The van der Waals surface area contributed by atoms with E-state index >= 15 is 0 Å². The highest BCUT2D eigenvalue weighted by molar-refractivity contribution is 9.10. The number of hydrogen-bond donors (Lipinski definition) is 0. The number of aryl methyl sites for hydroxylation is 1. The van der Waals surface area contributed by atoms with Crippen molar-refractivity contribution < 1.29 is 4.42 Å². The Bertz CT molecular complexity index is 443. The molecule has 0 aliphatic heterocycles. The van der Waals surface area contributed by atoms with Gasteiger partial charge in [0.25, 0.3) is 0 Å². The van der Waals surface area contributed by atoms with Crippen LogP contribution >= 0.6 is 31.9 Å². The maximum atomic E-state index is 5.58. The van der Waals surface area contributed by atoms with E-state index < -0.39 is 0 Å². The Labute approximate surface area is 99.4 Å². The van der Waals surface area contributed by atoms with Crippen molar-refractivity contribution in [3.05, 3.63) is 45.0 Å². The number of halogens is 2. The third-order valence-corrected chi connectivity index (χ3v) is 3.03. The van der Waals surface area contributed by atoms with Crippen molar-refractivity contribution >= 4 is 31.9 Å². The van der Waals surface area contributed by atoms with Gasteiger partial charge >= 0.3 is 0 Å². The summed E-state index contributed by atoms with van der Waals surface area (Å²) in [5, 5.41) is 0. The number of furan rings is 1. The van der Waals surface area contributed by atoms with Crippen molar-refractivity contribution in [1.29, 1.82) is 0 Å². The second-order valence-electron chi connectivity index (χ2n) is 3.04. The van der Waals surface area contributed by atoms with Crippen molar-refractivity contribution in [2.24, 2.45) is 0 Å². The van der Waals surface area contributed by atoms with Gasteiger partial charge in [-0.3, -0.25) is 0 Å². The van der Waals surface area contributed by atoms with E-state index in [1.165, 1.54) is 0 Å². The van der Waals surface area contributed by atoms with Gasteiger partial charge in [-0.1, -0.05) is 28.1 Å². The lowest BCUT2D eigenvalue weighted by Crippen LogP contribution is -1.73. The van der Waals surface area contributed by atoms with Crippen LogP contribution in [0.25, 0.3) is 11.3 Å². The summed E-state index contributed by atoms with van der Waals surface area (Å²) in [4.78, 5) is 0. The van der Waals surface area contributed by atoms with Crippen LogP contribution in [0.4, 0.5) is 0 Å². The molecule has 2 aromatic rings. The van der Waals surface area contributed by atoms with Gasteiger partial charge < -0.3 is 4.42 Å². The van der Waals surface area contributed by atoms with Crippen LogP contribution in [0, 0.1) is 6.92 Å². The summed E-state index contributed by atoms with van der Waals surface area (Å²) in [6, 6.07) is 10.0. The van der Waals surface area contributed by atoms with Crippen molar-refractivity contribution in [2.45, 2.75) is 6.92 Å². The molecule has 1 heterocycles. The van der Waals surface area contributed by atoms with Crippen molar-refractivity contribution in [3.8, 4) is 11.3 Å². The molecule has 0 amide bonds. The van der Waals surface area contributed by atoms with Gasteiger partial charge in [-0.2, -0.15) is 0 Å². The first-order valence-electron chi connectivity index (χ1n) is 4.18. The SMILES string of the molecule is Cc1cc(Br)c(-c2ccc(Br)cc2)o1. The standard InChI is InChI=1S/C11H8Br2O/c1-7-6-10(13)11(14-7)8-2-4-9(12)5-3-8/h2-6H,1H3. The second-order valence-corrected chi connectivity index (χ2v) is 4.81. The highest BCUT2D eigenvalue weighted by Crippen LogP contribution is 2.31. The Morgan fingerprint density at radius 3 is 2.21 bits per heavy atom. The summed E-state index contributed by atoms with van der Waals surface area (Å²) >= 11 is 6.87. The molecule has 3 heteroatoms. The average Bonchev–Trinajstić information content (AvgIpc) is 2.47. The van der Waals surface area contributed by atoms with Gasteiger partial charge in [0.05, 0.1) is 4.47 Å². The molecule has 0 spiro atoms. The zero-order valence-electron chi connectivity index (χ0n) is 7.55. The fourth-order valence-electron chi connectivity index (χ4n) is 1.28. The molecule has 0 saturated heterocycles. The predicted molar refractivity (Wildman–Crippen MR) is 64.3 cm³/mol. The Balaban J connectivity index is 2.49. The topological polar surface area (TPSA) is 13.1 Å². The van der Waals surface area contributed by atoms with Crippen molar-refractivity contribution in [3.63, 3.8) is 0 Å². The minimum atomic E-state index is 0.884. The second kappa shape index (κ2) is 3.91. The minimum absolute atomic E-state index is 0.884. The van der Waals surface area contributed by atoms with Crippen LogP contribution in [0.1, 0.15) is 5.76 Å². The van der Waals surface area contributed by atoms with Crippen LogP contribution in [0.15, 0.2) is 43.7 Å². The average molecular weight is 316 g/mol. The first kappa shape index (κ1) is 9.99. The molecule has 0 N–H and O–H groups in total. The van der Waals surface area contributed by atoms with Crippen LogP contribution in [-0.2, 0) is 0 Å². The maximum absolute atomic E-state index is 5.58. The van der Waals surface area contributed by atoms with E-state index in [0.29, 0.717) is 0 Å². The smallest absolute Gasteiger partial charge is 0.148 e. The molecule has 0 atom stereocenters.